The van der Waals surface area contributed by atoms with Crippen molar-refractivity contribution in [2.24, 2.45) is 0 Å². The molecule has 0 unspecified atom stereocenters. The Kier molecular flexibility index (Phi) is 7.17. The second kappa shape index (κ2) is 9.82. The van der Waals surface area contributed by atoms with Crippen molar-refractivity contribution >= 4 is 23.2 Å². The average Bonchev–Trinajstić information content (AvgIpc) is 2.71. The van der Waals surface area contributed by atoms with Crippen molar-refractivity contribution in [3.05, 3.63) is 63.2 Å². The van der Waals surface area contributed by atoms with Gasteiger partial charge in [0.25, 0.3) is 12.3 Å². The van der Waals surface area contributed by atoms with Crippen LogP contribution in [-0.4, -0.2) is 47.8 Å². The molecule has 160 valence electrons. The number of nitrogens with zero attached hydrogens (tertiary/aromatic N) is 2. The number of carbonyl (C=O) groups is 1. The molecular formula is C20H20ClF2N3O4. The zero-order valence-electron chi connectivity index (χ0n) is 15.9. The highest BCUT2D eigenvalue weighted by atomic mass is 35.5. The summed E-state index contributed by atoms with van der Waals surface area (Å²) in [6.07, 6.45) is -1.13. The number of alkyl halides is 2. The predicted octanol–water partition coefficient (Wildman–Crippen LogP) is 4.50. The maximum Gasteiger partial charge on any atom is 0.313 e. The average molecular weight is 440 g/mol. The van der Waals surface area contributed by atoms with Gasteiger partial charge in [0.2, 0.25) is 5.75 Å². The van der Waals surface area contributed by atoms with Gasteiger partial charge in [-0.3, -0.25) is 19.8 Å². The van der Waals surface area contributed by atoms with E-state index in [1.807, 2.05) is 0 Å². The van der Waals surface area contributed by atoms with Gasteiger partial charge in [0.05, 0.1) is 11.5 Å². The smallest absolute Gasteiger partial charge is 0.313 e. The van der Waals surface area contributed by atoms with Crippen LogP contribution >= 0.6 is 11.6 Å². The van der Waals surface area contributed by atoms with Crippen LogP contribution in [0.2, 0.25) is 5.02 Å². The first-order chi connectivity index (χ1) is 14.3. The molecule has 2 aromatic rings. The first-order valence-electron chi connectivity index (χ1n) is 9.35. The molecule has 3 rings (SSSR count). The van der Waals surface area contributed by atoms with Crippen LogP contribution in [0, 0.1) is 10.1 Å². The van der Waals surface area contributed by atoms with Crippen LogP contribution in [0.5, 0.6) is 11.5 Å². The van der Waals surface area contributed by atoms with E-state index in [-0.39, 0.29) is 35.0 Å². The summed E-state index contributed by atoms with van der Waals surface area (Å²) in [6, 6.07) is 10.2. The van der Waals surface area contributed by atoms with Crippen molar-refractivity contribution in [2.45, 2.75) is 25.3 Å². The van der Waals surface area contributed by atoms with Crippen LogP contribution in [0.25, 0.3) is 0 Å². The van der Waals surface area contributed by atoms with E-state index in [0.29, 0.717) is 37.2 Å². The van der Waals surface area contributed by atoms with E-state index in [1.165, 1.54) is 18.2 Å². The Labute approximate surface area is 176 Å². The summed E-state index contributed by atoms with van der Waals surface area (Å²) >= 11 is 5.79. The van der Waals surface area contributed by atoms with E-state index in [9.17, 15) is 23.7 Å². The van der Waals surface area contributed by atoms with Gasteiger partial charge < -0.3 is 10.1 Å². The van der Waals surface area contributed by atoms with Gasteiger partial charge in [-0.2, -0.15) is 0 Å². The highest BCUT2D eigenvalue weighted by Crippen LogP contribution is 2.33. The van der Waals surface area contributed by atoms with E-state index < -0.39 is 11.3 Å². The highest BCUT2D eigenvalue weighted by molar-refractivity contribution is 6.30. The molecule has 0 bridgehead atoms. The number of hydrogen-bond acceptors (Lipinski definition) is 5. The molecule has 0 aromatic heterocycles. The lowest BCUT2D eigenvalue weighted by Crippen LogP contribution is -2.45. The van der Waals surface area contributed by atoms with Gasteiger partial charge in [-0.15, -0.1) is 0 Å². The van der Waals surface area contributed by atoms with E-state index >= 15 is 0 Å². The number of halogens is 3. The number of benzene rings is 2. The lowest BCUT2D eigenvalue weighted by molar-refractivity contribution is -0.385. The maximum atomic E-state index is 12.4. The number of carbonyl (C=O) groups excluding carboxylic acids is 1. The predicted molar refractivity (Wildman–Crippen MR) is 108 cm³/mol. The summed E-state index contributed by atoms with van der Waals surface area (Å²) < 4.78 is 30.4. The SMILES string of the molecule is O=C(NC1CCN(CC(F)F)CC1)c1ccc(Oc2ccc(Cl)cc2[N+](=O)[O-])cc1. The molecule has 1 aliphatic rings. The summed E-state index contributed by atoms with van der Waals surface area (Å²) in [5.41, 5.74) is 0.144. The Morgan fingerprint density at radius 1 is 1.23 bits per heavy atom. The fraction of sp³-hybridized carbons (Fsp3) is 0.350. The van der Waals surface area contributed by atoms with Gasteiger partial charge in [-0.05, 0) is 49.2 Å². The molecule has 1 amide bonds. The number of rotatable bonds is 7. The third kappa shape index (κ3) is 5.87. The Hall–Kier alpha value is -2.78. The topological polar surface area (TPSA) is 84.7 Å². The van der Waals surface area contributed by atoms with Crippen molar-refractivity contribution in [3.8, 4) is 11.5 Å². The monoisotopic (exact) mass is 439 g/mol. The fourth-order valence-electron chi connectivity index (χ4n) is 3.24. The molecule has 1 N–H and O–H groups in total. The summed E-state index contributed by atoms with van der Waals surface area (Å²) in [5, 5.41) is 14.3. The highest BCUT2D eigenvalue weighted by Gasteiger charge is 2.23. The molecule has 1 saturated heterocycles. The third-order valence-electron chi connectivity index (χ3n) is 4.78. The molecule has 7 nitrogen and oxygen atoms in total. The van der Waals surface area contributed by atoms with Gasteiger partial charge in [0.15, 0.2) is 0 Å². The second-order valence-electron chi connectivity index (χ2n) is 6.94. The van der Waals surface area contributed by atoms with E-state index in [2.05, 4.69) is 5.32 Å². The van der Waals surface area contributed by atoms with Gasteiger partial charge in [0.1, 0.15) is 5.75 Å². The minimum absolute atomic E-state index is 0.0390. The second-order valence-corrected chi connectivity index (χ2v) is 7.37. The molecule has 0 spiro atoms. The van der Waals surface area contributed by atoms with Crippen molar-refractivity contribution in [3.63, 3.8) is 0 Å². The molecular weight excluding hydrogens is 420 g/mol. The van der Waals surface area contributed by atoms with E-state index in [0.717, 1.165) is 0 Å². The maximum absolute atomic E-state index is 12.4. The van der Waals surface area contributed by atoms with Gasteiger partial charge in [-0.25, -0.2) is 8.78 Å². The molecule has 2 aromatic carbocycles. The summed E-state index contributed by atoms with van der Waals surface area (Å²) in [7, 11) is 0. The fourth-order valence-corrected chi connectivity index (χ4v) is 3.41. The molecule has 0 saturated carbocycles. The summed E-state index contributed by atoms with van der Waals surface area (Å²) in [4.78, 5) is 24.7. The quantitative estimate of drug-likeness (QED) is 0.507. The van der Waals surface area contributed by atoms with Gasteiger partial charge in [-0.1, -0.05) is 11.6 Å². The number of ether oxygens (including phenoxy) is 1. The van der Waals surface area contributed by atoms with E-state index in [1.54, 1.807) is 29.2 Å². The van der Waals surface area contributed by atoms with Crippen molar-refractivity contribution < 1.29 is 23.2 Å². The number of hydrogen-bond donors (Lipinski definition) is 1. The van der Waals surface area contributed by atoms with Crippen molar-refractivity contribution in [1.29, 1.82) is 0 Å². The number of nitrogens with one attached hydrogen (secondary N) is 1. The number of likely N-dealkylation sites (tertiary alicyclic amines) is 1. The van der Waals surface area contributed by atoms with Crippen molar-refractivity contribution in [1.82, 2.24) is 10.2 Å². The molecule has 0 aliphatic carbocycles. The van der Waals surface area contributed by atoms with Crippen LogP contribution in [0.4, 0.5) is 14.5 Å². The van der Waals surface area contributed by atoms with Crippen molar-refractivity contribution in [2.75, 3.05) is 19.6 Å². The lowest BCUT2D eigenvalue weighted by atomic mass is 10.0. The number of piperidine rings is 1. The van der Waals surface area contributed by atoms with Crippen LogP contribution < -0.4 is 10.1 Å². The Morgan fingerprint density at radius 2 is 1.90 bits per heavy atom. The molecule has 1 aliphatic heterocycles. The van der Waals surface area contributed by atoms with E-state index in [4.69, 9.17) is 16.3 Å². The first kappa shape index (κ1) is 21.9. The zero-order chi connectivity index (χ0) is 21.7. The van der Waals surface area contributed by atoms with Gasteiger partial charge in [0, 0.05) is 35.8 Å². The number of amides is 1. The van der Waals surface area contributed by atoms with Crippen LogP contribution in [0.1, 0.15) is 23.2 Å². The molecule has 1 fully saturated rings. The minimum Gasteiger partial charge on any atom is -0.450 e. The Bertz CT molecular complexity index is 903. The molecule has 30 heavy (non-hydrogen) atoms. The lowest BCUT2D eigenvalue weighted by Gasteiger charge is -2.32. The normalized spacial score (nSPS) is 15.2. The van der Waals surface area contributed by atoms with Crippen LogP contribution in [0.15, 0.2) is 42.5 Å². The number of nitro benzene ring substituents is 1. The van der Waals surface area contributed by atoms with Crippen LogP contribution in [-0.2, 0) is 0 Å². The Morgan fingerprint density at radius 3 is 2.50 bits per heavy atom. The zero-order valence-corrected chi connectivity index (χ0v) is 16.6. The van der Waals surface area contributed by atoms with Crippen LogP contribution in [0.3, 0.4) is 0 Å². The standard InChI is InChI=1S/C20H20ClF2N3O4/c21-14-3-6-18(17(11-14)26(28)29)30-16-4-1-13(2-5-16)20(27)24-15-7-9-25(10-8-15)12-19(22)23/h1-6,11,15,19H,7-10,12H2,(H,24,27). The largest absolute Gasteiger partial charge is 0.450 e. The molecule has 1 heterocycles. The summed E-state index contributed by atoms with van der Waals surface area (Å²) in [5.74, 6) is 0.0979. The number of nitro groups is 1. The molecule has 0 atom stereocenters. The molecule has 0 radical (unpaired) electrons. The van der Waals surface area contributed by atoms with Gasteiger partial charge >= 0.3 is 5.69 Å². The first-order valence-corrected chi connectivity index (χ1v) is 9.73. The minimum atomic E-state index is -2.36. The Balaban J connectivity index is 1.57. The molecule has 10 heteroatoms. The third-order valence-corrected chi connectivity index (χ3v) is 5.02. The summed E-state index contributed by atoms with van der Waals surface area (Å²) in [6.45, 7) is 0.789.